The highest BCUT2D eigenvalue weighted by molar-refractivity contribution is 7.89. The van der Waals surface area contributed by atoms with Crippen LogP contribution in [-0.4, -0.2) is 38.8 Å². The van der Waals surface area contributed by atoms with Crippen LogP contribution in [0.4, 0.5) is 0 Å². The Morgan fingerprint density at radius 1 is 1.28 bits per heavy atom. The van der Waals surface area contributed by atoms with Gasteiger partial charge >= 0.3 is 0 Å². The highest BCUT2D eigenvalue weighted by Gasteiger charge is 2.08. The Hall–Kier alpha value is -0.980. The second-order valence-electron chi connectivity index (χ2n) is 4.07. The van der Waals surface area contributed by atoms with Crippen molar-refractivity contribution in [2.24, 2.45) is 0 Å². The lowest BCUT2D eigenvalue weighted by Gasteiger charge is -2.07. The van der Waals surface area contributed by atoms with Gasteiger partial charge in [-0.3, -0.25) is 4.98 Å². The molecule has 6 heteroatoms. The largest absolute Gasteiger partial charge is 0.316 e. The first-order valence-corrected chi connectivity index (χ1v) is 7.86. The lowest BCUT2D eigenvalue weighted by Crippen LogP contribution is -2.33. The number of rotatable bonds is 9. The fourth-order valence-corrected chi connectivity index (χ4v) is 2.45. The summed E-state index contributed by atoms with van der Waals surface area (Å²) in [6, 6.07) is 3.78. The molecule has 0 saturated heterocycles. The van der Waals surface area contributed by atoms with E-state index in [1.54, 1.807) is 12.4 Å². The fourth-order valence-electron chi connectivity index (χ4n) is 1.48. The molecule has 0 aliphatic heterocycles. The molecule has 1 rings (SSSR count). The van der Waals surface area contributed by atoms with E-state index in [9.17, 15) is 8.42 Å². The summed E-state index contributed by atoms with van der Waals surface area (Å²) >= 11 is 0. The molecule has 0 unspecified atom stereocenters. The summed E-state index contributed by atoms with van der Waals surface area (Å²) in [7, 11) is -3.17. The minimum Gasteiger partial charge on any atom is -0.316 e. The summed E-state index contributed by atoms with van der Waals surface area (Å²) in [5.74, 6) is 0.125. The summed E-state index contributed by atoms with van der Waals surface area (Å²) < 4.78 is 25.8. The van der Waals surface area contributed by atoms with Gasteiger partial charge in [-0.25, -0.2) is 13.1 Å². The topological polar surface area (TPSA) is 71.1 Å². The van der Waals surface area contributed by atoms with Crippen molar-refractivity contribution in [1.29, 1.82) is 0 Å². The van der Waals surface area contributed by atoms with Crippen LogP contribution in [0.3, 0.4) is 0 Å². The van der Waals surface area contributed by atoms with E-state index in [4.69, 9.17) is 0 Å². The van der Waals surface area contributed by atoms with Crippen LogP contribution in [0.25, 0.3) is 0 Å². The Balaban J connectivity index is 2.21. The zero-order chi connectivity index (χ0) is 13.3. The summed E-state index contributed by atoms with van der Waals surface area (Å²) in [6.07, 6.45) is 5.12. The molecule has 1 aromatic heterocycles. The van der Waals surface area contributed by atoms with Gasteiger partial charge in [0, 0.05) is 25.5 Å². The van der Waals surface area contributed by atoms with Crippen LogP contribution in [0.15, 0.2) is 24.5 Å². The Kier molecular flexibility index (Phi) is 6.85. The molecule has 0 aliphatic rings. The van der Waals surface area contributed by atoms with Crippen molar-refractivity contribution in [2.75, 3.05) is 25.4 Å². The predicted molar refractivity (Wildman–Crippen MR) is 72.9 cm³/mol. The Bertz CT molecular complexity index is 420. The van der Waals surface area contributed by atoms with E-state index in [2.05, 4.69) is 15.0 Å². The first-order chi connectivity index (χ1) is 8.64. The smallest absolute Gasteiger partial charge is 0.212 e. The molecule has 102 valence electrons. The minimum absolute atomic E-state index is 0.125. The quantitative estimate of drug-likeness (QED) is 0.643. The van der Waals surface area contributed by atoms with Gasteiger partial charge in [0.05, 0.1) is 5.75 Å². The van der Waals surface area contributed by atoms with Crippen molar-refractivity contribution in [1.82, 2.24) is 15.0 Å². The standard InChI is InChI=1S/C12H21N3O2S/c1-2-6-13-9-10-18(16,17)15-8-5-12-4-3-7-14-11-12/h3-4,7,11,13,15H,2,5-6,8-10H2,1H3. The SMILES string of the molecule is CCCNCCS(=O)(=O)NCCc1cccnc1. The number of sulfonamides is 1. The van der Waals surface area contributed by atoms with E-state index >= 15 is 0 Å². The summed E-state index contributed by atoms with van der Waals surface area (Å²) in [4.78, 5) is 3.98. The highest BCUT2D eigenvalue weighted by atomic mass is 32.2. The molecular formula is C12H21N3O2S. The molecule has 0 radical (unpaired) electrons. The average Bonchev–Trinajstić information content (AvgIpc) is 2.36. The number of pyridine rings is 1. The van der Waals surface area contributed by atoms with E-state index in [-0.39, 0.29) is 5.75 Å². The highest BCUT2D eigenvalue weighted by Crippen LogP contribution is 1.96. The van der Waals surface area contributed by atoms with E-state index in [1.165, 1.54) is 0 Å². The molecule has 0 spiro atoms. The van der Waals surface area contributed by atoms with E-state index < -0.39 is 10.0 Å². The molecule has 0 aliphatic carbocycles. The van der Waals surface area contributed by atoms with Crippen LogP contribution in [0.5, 0.6) is 0 Å². The second kappa shape index (κ2) is 8.18. The maximum Gasteiger partial charge on any atom is 0.212 e. The number of nitrogens with zero attached hydrogens (tertiary/aromatic N) is 1. The lowest BCUT2D eigenvalue weighted by molar-refractivity contribution is 0.576. The Morgan fingerprint density at radius 2 is 2.11 bits per heavy atom. The fraction of sp³-hybridized carbons (Fsp3) is 0.583. The zero-order valence-corrected chi connectivity index (χ0v) is 11.5. The van der Waals surface area contributed by atoms with E-state index in [0.717, 1.165) is 18.5 Å². The summed E-state index contributed by atoms with van der Waals surface area (Å²) in [5.41, 5.74) is 1.03. The molecule has 0 fully saturated rings. The number of nitrogens with one attached hydrogen (secondary N) is 2. The maximum absolute atomic E-state index is 11.6. The Labute approximate surface area is 109 Å². The number of hydrogen-bond donors (Lipinski definition) is 2. The van der Waals surface area contributed by atoms with E-state index in [0.29, 0.717) is 19.5 Å². The van der Waals surface area contributed by atoms with Gasteiger partial charge in [-0.15, -0.1) is 0 Å². The molecule has 18 heavy (non-hydrogen) atoms. The van der Waals surface area contributed by atoms with Crippen molar-refractivity contribution < 1.29 is 8.42 Å². The van der Waals surface area contributed by atoms with Gasteiger partial charge in [0.15, 0.2) is 0 Å². The van der Waals surface area contributed by atoms with Gasteiger partial charge in [0.2, 0.25) is 10.0 Å². The maximum atomic E-state index is 11.6. The molecular weight excluding hydrogens is 250 g/mol. The monoisotopic (exact) mass is 271 g/mol. The molecule has 0 aromatic carbocycles. The number of aromatic nitrogens is 1. The minimum atomic E-state index is -3.17. The summed E-state index contributed by atoms with van der Waals surface area (Å²) in [6.45, 7) is 3.82. The normalized spacial score (nSPS) is 11.6. The van der Waals surface area contributed by atoms with Crippen LogP contribution < -0.4 is 10.0 Å². The third-order valence-corrected chi connectivity index (χ3v) is 3.82. The molecule has 5 nitrogen and oxygen atoms in total. The molecule has 0 bridgehead atoms. The first kappa shape index (κ1) is 15.1. The van der Waals surface area contributed by atoms with Crippen LogP contribution in [0.2, 0.25) is 0 Å². The van der Waals surface area contributed by atoms with Crippen molar-refractivity contribution in [3.63, 3.8) is 0 Å². The lowest BCUT2D eigenvalue weighted by atomic mass is 10.2. The third-order valence-electron chi connectivity index (χ3n) is 2.43. The Morgan fingerprint density at radius 3 is 2.78 bits per heavy atom. The van der Waals surface area contributed by atoms with Gasteiger partial charge in [0.1, 0.15) is 0 Å². The van der Waals surface area contributed by atoms with Crippen LogP contribution in [0.1, 0.15) is 18.9 Å². The molecule has 0 atom stereocenters. The van der Waals surface area contributed by atoms with Gasteiger partial charge < -0.3 is 5.32 Å². The van der Waals surface area contributed by atoms with Crippen LogP contribution in [-0.2, 0) is 16.4 Å². The molecule has 1 aromatic rings. The molecule has 1 heterocycles. The van der Waals surface area contributed by atoms with Gasteiger partial charge in [-0.05, 0) is 31.0 Å². The third kappa shape index (κ3) is 6.68. The zero-order valence-electron chi connectivity index (χ0n) is 10.7. The van der Waals surface area contributed by atoms with Crippen molar-refractivity contribution >= 4 is 10.0 Å². The number of hydrogen-bond acceptors (Lipinski definition) is 4. The average molecular weight is 271 g/mol. The van der Waals surface area contributed by atoms with Gasteiger partial charge in [-0.1, -0.05) is 13.0 Å². The van der Waals surface area contributed by atoms with Crippen molar-refractivity contribution in [3.05, 3.63) is 30.1 Å². The van der Waals surface area contributed by atoms with Crippen LogP contribution in [0, 0.1) is 0 Å². The van der Waals surface area contributed by atoms with Gasteiger partial charge in [0.25, 0.3) is 0 Å². The predicted octanol–water partition coefficient (Wildman–Crippen LogP) is 0.543. The molecule has 0 amide bonds. The van der Waals surface area contributed by atoms with Crippen LogP contribution >= 0.6 is 0 Å². The van der Waals surface area contributed by atoms with E-state index in [1.807, 2.05) is 19.1 Å². The summed E-state index contributed by atoms with van der Waals surface area (Å²) in [5, 5.41) is 3.07. The van der Waals surface area contributed by atoms with Gasteiger partial charge in [-0.2, -0.15) is 0 Å². The molecule has 0 saturated carbocycles. The van der Waals surface area contributed by atoms with Crippen molar-refractivity contribution in [2.45, 2.75) is 19.8 Å². The molecule has 2 N–H and O–H groups in total. The first-order valence-electron chi connectivity index (χ1n) is 6.21. The second-order valence-corrected chi connectivity index (χ2v) is 6.00. The van der Waals surface area contributed by atoms with Crippen molar-refractivity contribution in [3.8, 4) is 0 Å².